The largest absolute Gasteiger partial charge is 0.449 e. The second kappa shape index (κ2) is 13.3. The summed E-state index contributed by atoms with van der Waals surface area (Å²) in [6.07, 6.45) is -0.413. The number of nitrogens with one attached hydrogen (secondary N) is 2. The highest BCUT2D eigenvalue weighted by atomic mass is 32.2. The van der Waals surface area contributed by atoms with Crippen LogP contribution in [0.4, 0.5) is 20.7 Å². The quantitative estimate of drug-likeness (QED) is 0.369. The molecule has 3 aromatic rings. The standard InChI is InChI=1S/C31H38FN7O4S/c1-20(2)18-43-30(42)38-11-8-31(7-9-33,25(32)17-38)19-39-24-6-10-34-28(40)26(24)27(36-39)35-22-4-5-23(21(3)16-22)29(41)37-12-14-44-15-13-37/h4-6,10,16,20,25H,7-8,11-15,17-19H2,1-3H3,(H,34,40)(H,35,36)/t25-,31-/m1/s1. The van der Waals surface area contributed by atoms with E-state index in [0.29, 0.717) is 22.2 Å². The second-order valence-electron chi connectivity index (χ2n) is 12.0. The topological polar surface area (TPSA) is 136 Å². The Morgan fingerprint density at radius 3 is 2.70 bits per heavy atom. The Balaban J connectivity index is 1.39. The van der Waals surface area contributed by atoms with Gasteiger partial charge < -0.3 is 24.8 Å². The first kappa shape index (κ1) is 31.4. The van der Waals surface area contributed by atoms with Crippen LogP contribution in [0.5, 0.6) is 0 Å². The smallest absolute Gasteiger partial charge is 0.409 e. The van der Waals surface area contributed by atoms with Gasteiger partial charge >= 0.3 is 6.09 Å². The fourth-order valence-electron chi connectivity index (χ4n) is 5.78. The number of rotatable bonds is 8. The number of carbonyl (C=O) groups is 2. The number of alkyl halides is 1. The molecule has 2 aliphatic heterocycles. The highest BCUT2D eigenvalue weighted by Gasteiger charge is 2.46. The van der Waals surface area contributed by atoms with E-state index in [2.05, 4.69) is 16.4 Å². The van der Waals surface area contributed by atoms with E-state index >= 15 is 4.39 Å². The lowest BCUT2D eigenvalue weighted by atomic mass is 9.74. The third kappa shape index (κ3) is 6.55. The van der Waals surface area contributed by atoms with Gasteiger partial charge in [-0.15, -0.1) is 0 Å². The number of amides is 2. The summed E-state index contributed by atoms with van der Waals surface area (Å²) < 4.78 is 22.8. The summed E-state index contributed by atoms with van der Waals surface area (Å²) in [6, 6.07) is 9.23. The number of carbonyl (C=O) groups excluding carboxylic acids is 2. The van der Waals surface area contributed by atoms with Crippen molar-refractivity contribution in [3.8, 4) is 6.07 Å². The number of aromatic nitrogens is 3. The summed E-state index contributed by atoms with van der Waals surface area (Å²) >= 11 is 1.84. The molecule has 234 valence electrons. The summed E-state index contributed by atoms with van der Waals surface area (Å²) in [5.74, 6) is 2.30. The second-order valence-corrected chi connectivity index (χ2v) is 13.2. The minimum absolute atomic E-state index is 0.00308. The minimum Gasteiger partial charge on any atom is -0.449 e. The lowest BCUT2D eigenvalue weighted by Gasteiger charge is -2.42. The molecule has 2 N–H and O–H groups in total. The van der Waals surface area contributed by atoms with Crippen LogP contribution in [0.3, 0.4) is 0 Å². The van der Waals surface area contributed by atoms with Gasteiger partial charge in [0.2, 0.25) is 0 Å². The number of nitriles is 1. The van der Waals surface area contributed by atoms with Crippen LogP contribution in [0.2, 0.25) is 0 Å². The number of benzene rings is 1. The zero-order valence-corrected chi connectivity index (χ0v) is 26.1. The zero-order valence-electron chi connectivity index (χ0n) is 25.3. The summed E-state index contributed by atoms with van der Waals surface area (Å²) in [7, 11) is 0. The first-order valence-corrected chi connectivity index (χ1v) is 16.0. The molecule has 0 saturated carbocycles. The lowest BCUT2D eigenvalue weighted by molar-refractivity contribution is -0.00716. The number of H-pyrrole nitrogens is 1. The number of pyridine rings is 1. The number of anilines is 2. The summed E-state index contributed by atoms with van der Waals surface area (Å²) in [4.78, 5) is 44.5. The number of aromatic amines is 1. The normalized spacial score (nSPS) is 20.5. The fraction of sp³-hybridized carbons (Fsp3) is 0.516. The van der Waals surface area contributed by atoms with Crippen LogP contribution in [-0.2, 0) is 11.3 Å². The maximum atomic E-state index is 15.9. The minimum atomic E-state index is -1.51. The SMILES string of the molecule is Cc1cc(Nc2nn(C[C@@]3(CC#N)CCN(C(=O)OCC(C)C)C[C@H]3F)c3cc[nH]c(=O)c23)ccc1C(=O)N1CCSCC1. The Labute approximate surface area is 259 Å². The Bertz CT molecular complexity index is 1630. The average molecular weight is 624 g/mol. The number of likely N-dealkylation sites (tertiary alicyclic amines) is 1. The van der Waals surface area contributed by atoms with Crippen molar-refractivity contribution in [3.05, 3.63) is 51.9 Å². The molecule has 0 spiro atoms. The first-order valence-electron chi connectivity index (χ1n) is 14.9. The van der Waals surface area contributed by atoms with Crippen LogP contribution >= 0.6 is 11.8 Å². The van der Waals surface area contributed by atoms with E-state index < -0.39 is 17.7 Å². The van der Waals surface area contributed by atoms with E-state index in [1.165, 1.54) is 11.1 Å². The molecule has 2 fully saturated rings. The van der Waals surface area contributed by atoms with Crippen molar-refractivity contribution in [3.63, 3.8) is 0 Å². The summed E-state index contributed by atoms with van der Waals surface area (Å²) in [6.45, 7) is 7.51. The number of fused-ring (bicyclic) bond motifs is 1. The monoisotopic (exact) mass is 623 g/mol. The van der Waals surface area contributed by atoms with Crippen LogP contribution < -0.4 is 10.9 Å². The number of hydrogen-bond acceptors (Lipinski definition) is 8. The van der Waals surface area contributed by atoms with Crippen molar-refractivity contribution in [1.29, 1.82) is 5.26 Å². The zero-order chi connectivity index (χ0) is 31.4. The van der Waals surface area contributed by atoms with Crippen molar-refractivity contribution in [2.24, 2.45) is 11.3 Å². The molecule has 44 heavy (non-hydrogen) atoms. The molecule has 13 heteroatoms. The molecule has 0 aliphatic carbocycles. The molecule has 1 aromatic carbocycles. The maximum absolute atomic E-state index is 15.9. The van der Waals surface area contributed by atoms with Gasteiger partial charge in [0, 0.05) is 60.4 Å². The van der Waals surface area contributed by atoms with Gasteiger partial charge in [-0.3, -0.25) is 14.3 Å². The molecule has 0 unspecified atom stereocenters. The fourth-order valence-corrected chi connectivity index (χ4v) is 6.68. The van der Waals surface area contributed by atoms with Gasteiger partial charge in [0.1, 0.15) is 11.6 Å². The summed E-state index contributed by atoms with van der Waals surface area (Å²) in [5.41, 5.74) is 1.08. The van der Waals surface area contributed by atoms with E-state index in [-0.39, 0.29) is 62.3 Å². The Morgan fingerprint density at radius 1 is 1.25 bits per heavy atom. The highest BCUT2D eigenvalue weighted by Crippen LogP contribution is 2.40. The molecule has 5 rings (SSSR count). The van der Waals surface area contributed by atoms with Gasteiger partial charge in [-0.05, 0) is 49.1 Å². The van der Waals surface area contributed by atoms with Crippen molar-refractivity contribution in [2.75, 3.05) is 49.6 Å². The molecule has 11 nitrogen and oxygen atoms in total. The number of thioether (sulfide) groups is 1. The maximum Gasteiger partial charge on any atom is 0.409 e. The number of hydrogen-bond donors (Lipinski definition) is 2. The number of halogens is 1. The van der Waals surface area contributed by atoms with Crippen LogP contribution in [0.25, 0.3) is 10.9 Å². The molecule has 2 saturated heterocycles. The number of ether oxygens (including phenoxy) is 1. The molecule has 0 bridgehead atoms. The molecule has 0 radical (unpaired) electrons. The van der Waals surface area contributed by atoms with Gasteiger partial charge in [0.15, 0.2) is 5.82 Å². The van der Waals surface area contributed by atoms with E-state index in [0.717, 1.165) is 30.2 Å². The Kier molecular flexibility index (Phi) is 9.48. The summed E-state index contributed by atoms with van der Waals surface area (Å²) in [5, 5.41) is 17.9. The number of aryl methyl sites for hydroxylation is 1. The van der Waals surface area contributed by atoms with Crippen molar-refractivity contribution >= 4 is 46.2 Å². The third-order valence-electron chi connectivity index (χ3n) is 8.31. The van der Waals surface area contributed by atoms with Gasteiger partial charge in [0.05, 0.1) is 31.3 Å². The predicted octanol–water partition coefficient (Wildman–Crippen LogP) is 4.70. The van der Waals surface area contributed by atoms with Gasteiger partial charge in [-0.1, -0.05) is 13.8 Å². The third-order valence-corrected chi connectivity index (χ3v) is 9.25. The molecular weight excluding hydrogens is 585 g/mol. The first-order chi connectivity index (χ1) is 21.1. The van der Waals surface area contributed by atoms with E-state index in [1.807, 2.05) is 43.5 Å². The number of piperidine rings is 1. The van der Waals surface area contributed by atoms with E-state index in [9.17, 15) is 19.6 Å². The van der Waals surface area contributed by atoms with Crippen LogP contribution in [-0.4, -0.2) is 87.0 Å². The van der Waals surface area contributed by atoms with Gasteiger partial charge in [-0.2, -0.15) is 22.1 Å². The van der Waals surface area contributed by atoms with E-state index in [1.54, 1.807) is 22.9 Å². The lowest BCUT2D eigenvalue weighted by Crippen LogP contribution is -2.52. The van der Waals surface area contributed by atoms with Crippen molar-refractivity contribution in [1.82, 2.24) is 24.6 Å². The molecular formula is C31H38FN7O4S. The predicted molar refractivity (Wildman–Crippen MR) is 168 cm³/mol. The van der Waals surface area contributed by atoms with Crippen molar-refractivity contribution in [2.45, 2.75) is 46.3 Å². The van der Waals surface area contributed by atoms with Crippen molar-refractivity contribution < 1.29 is 18.7 Å². The highest BCUT2D eigenvalue weighted by molar-refractivity contribution is 7.99. The van der Waals surface area contributed by atoms with E-state index in [4.69, 9.17) is 9.84 Å². The van der Waals surface area contributed by atoms with Crippen LogP contribution in [0.1, 0.15) is 42.6 Å². The molecule has 2 atom stereocenters. The van der Waals surface area contributed by atoms with Gasteiger partial charge in [0.25, 0.3) is 11.5 Å². The molecule has 2 aromatic heterocycles. The molecule has 4 heterocycles. The van der Waals surface area contributed by atoms with Gasteiger partial charge in [-0.25, -0.2) is 9.18 Å². The average Bonchev–Trinajstić information content (AvgIpc) is 3.35. The van der Waals surface area contributed by atoms with Crippen LogP contribution in [0.15, 0.2) is 35.3 Å². The Morgan fingerprint density at radius 2 is 2.02 bits per heavy atom. The Hall–Kier alpha value is -4.05. The molecule has 2 amide bonds. The molecule has 2 aliphatic rings. The van der Waals surface area contributed by atoms with Crippen LogP contribution in [0, 0.1) is 29.6 Å². The number of nitrogens with zero attached hydrogens (tertiary/aromatic N) is 5.